The highest BCUT2D eigenvalue weighted by molar-refractivity contribution is 7.93. The molecule has 0 spiro atoms. The molecule has 2 aromatic rings. The minimum Gasteiger partial charge on any atom is -0.493 e. The van der Waals surface area contributed by atoms with Crippen molar-refractivity contribution in [2.24, 2.45) is 0 Å². The van der Waals surface area contributed by atoms with Gasteiger partial charge in [-0.25, -0.2) is 13.1 Å². The summed E-state index contributed by atoms with van der Waals surface area (Å²) in [6, 6.07) is 12.3. The second kappa shape index (κ2) is 8.70. The summed E-state index contributed by atoms with van der Waals surface area (Å²) in [4.78, 5) is 0.365. The van der Waals surface area contributed by atoms with Crippen molar-refractivity contribution >= 4 is 16.1 Å². The number of halogens is 2. The number of nitrogens with one attached hydrogen (secondary N) is 1. The second-order valence-corrected chi connectivity index (χ2v) is 8.14. The third kappa shape index (κ3) is 4.88. The third-order valence-electron chi connectivity index (χ3n) is 4.51. The van der Waals surface area contributed by atoms with E-state index in [0.29, 0.717) is 24.2 Å². The number of allylic oxidation sites excluding steroid dienone is 1. The Labute approximate surface area is 163 Å². The van der Waals surface area contributed by atoms with Crippen LogP contribution in [0.5, 0.6) is 11.5 Å². The monoisotopic (exact) mass is 409 g/mol. The van der Waals surface area contributed by atoms with E-state index < -0.39 is 16.6 Å². The van der Waals surface area contributed by atoms with Gasteiger partial charge in [0.15, 0.2) is 11.5 Å². The fraction of sp³-hybridized carbons (Fsp3) is 0.300. The van der Waals surface area contributed by atoms with Gasteiger partial charge in [0.05, 0.1) is 12.0 Å². The Balaban J connectivity index is 1.64. The van der Waals surface area contributed by atoms with E-state index >= 15 is 0 Å². The number of sulfonamides is 1. The first-order valence-electron chi connectivity index (χ1n) is 8.79. The molecule has 0 aromatic heterocycles. The van der Waals surface area contributed by atoms with E-state index in [2.05, 4.69) is 9.46 Å². The molecular formula is C20H21F2NO4S. The Hall–Kier alpha value is -2.45. The van der Waals surface area contributed by atoms with Crippen LogP contribution >= 0.6 is 0 Å². The molecule has 0 saturated carbocycles. The molecule has 0 atom stereocenters. The summed E-state index contributed by atoms with van der Waals surface area (Å²) in [6.07, 6.45) is 3.24. The van der Waals surface area contributed by atoms with E-state index in [9.17, 15) is 17.2 Å². The molecule has 0 unspecified atom stereocenters. The summed E-state index contributed by atoms with van der Waals surface area (Å²) < 4.78 is 62.0. The van der Waals surface area contributed by atoms with Crippen molar-refractivity contribution in [1.29, 1.82) is 0 Å². The van der Waals surface area contributed by atoms with Crippen molar-refractivity contribution < 1.29 is 26.7 Å². The highest BCUT2D eigenvalue weighted by Gasteiger charge is 2.21. The SMILES string of the molecule is COc1cc(CCNS(=O)(=O)C2=Cc3ccccc3CC2)ccc1OC(F)F. The Kier molecular flexibility index (Phi) is 6.31. The fourth-order valence-electron chi connectivity index (χ4n) is 3.10. The van der Waals surface area contributed by atoms with Crippen LogP contribution in [0, 0.1) is 0 Å². The molecule has 1 aliphatic carbocycles. The van der Waals surface area contributed by atoms with E-state index in [4.69, 9.17) is 4.74 Å². The van der Waals surface area contributed by atoms with Crippen LogP contribution in [0.25, 0.3) is 6.08 Å². The van der Waals surface area contributed by atoms with Crippen LogP contribution in [0.4, 0.5) is 8.78 Å². The largest absolute Gasteiger partial charge is 0.493 e. The first-order chi connectivity index (χ1) is 13.4. The first-order valence-corrected chi connectivity index (χ1v) is 10.3. The number of rotatable bonds is 8. The molecule has 0 aliphatic heterocycles. The van der Waals surface area contributed by atoms with Crippen LogP contribution in [0.1, 0.15) is 23.1 Å². The van der Waals surface area contributed by atoms with Gasteiger partial charge in [-0.1, -0.05) is 30.3 Å². The second-order valence-electron chi connectivity index (χ2n) is 6.32. The van der Waals surface area contributed by atoms with Crippen LogP contribution in [0.15, 0.2) is 47.4 Å². The van der Waals surface area contributed by atoms with Crippen molar-refractivity contribution in [3.05, 3.63) is 64.1 Å². The fourth-order valence-corrected chi connectivity index (χ4v) is 4.31. The number of alkyl halides is 2. The average molecular weight is 409 g/mol. The maximum Gasteiger partial charge on any atom is 0.387 e. The van der Waals surface area contributed by atoms with Crippen molar-refractivity contribution in [3.8, 4) is 11.5 Å². The van der Waals surface area contributed by atoms with E-state index in [1.807, 2.05) is 24.3 Å². The van der Waals surface area contributed by atoms with E-state index in [-0.39, 0.29) is 18.0 Å². The molecule has 0 fully saturated rings. The zero-order valence-electron chi connectivity index (χ0n) is 15.3. The summed E-state index contributed by atoms with van der Waals surface area (Å²) in [7, 11) is -2.23. The van der Waals surface area contributed by atoms with Gasteiger partial charge in [-0.2, -0.15) is 8.78 Å². The molecule has 0 saturated heterocycles. The average Bonchev–Trinajstić information content (AvgIpc) is 2.68. The van der Waals surface area contributed by atoms with Gasteiger partial charge in [-0.3, -0.25) is 0 Å². The van der Waals surface area contributed by atoms with Gasteiger partial charge < -0.3 is 9.47 Å². The van der Waals surface area contributed by atoms with Crippen LogP contribution < -0.4 is 14.2 Å². The normalized spacial score (nSPS) is 13.8. The Morgan fingerprint density at radius 2 is 1.89 bits per heavy atom. The number of hydrogen-bond donors (Lipinski definition) is 1. The van der Waals surface area contributed by atoms with E-state index in [1.165, 1.54) is 13.2 Å². The highest BCUT2D eigenvalue weighted by Crippen LogP contribution is 2.30. The molecule has 28 heavy (non-hydrogen) atoms. The van der Waals surface area contributed by atoms with E-state index in [0.717, 1.165) is 16.7 Å². The lowest BCUT2D eigenvalue weighted by molar-refractivity contribution is -0.0512. The minimum atomic E-state index is -3.58. The Morgan fingerprint density at radius 3 is 2.64 bits per heavy atom. The first kappa shape index (κ1) is 20.3. The van der Waals surface area contributed by atoms with Crippen molar-refractivity contribution in [1.82, 2.24) is 4.72 Å². The van der Waals surface area contributed by atoms with Crippen molar-refractivity contribution in [3.63, 3.8) is 0 Å². The number of aryl methyl sites for hydroxylation is 1. The smallest absolute Gasteiger partial charge is 0.387 e. The summed E-state index contributed by atoms with van der Waals surface area (Å²) in [6.45, 7) is -2.76. The third-order valence-corrected chi connectivity index (χ3v) is 6.10. The summed E-state index contributed by atoms with van der Waals surface area (Å²) in [5, 5.41) is 0. The number of benzene rings is 2. The molecule has 8 heteroatoms. The number of ether oxygens (including phenoxy) is 2. The van der Waals surface area contributed by atoms with Gasteiger partial charge in [0.1, 0.15) is 0 Å². The number of methoxy groups -OCH3 is 1. The molecule has 2 aromatic carbocycles. The lowest BCUT2D eigenvalue weighted by Gasteiger charge is -2.17. The van der Waals surface area contributed by atoms with Gasteiger partial charge in [0.25, 0.3) is 0 Å². The quantitative estimate of drug-likeness (QED) is 0.721. The molecule has 1 aliphatic rings. The summed E-state index contributed by atoms with van der Waals surface area (Å²) in [5.74, 6) is 0.111. The van der Waals surface area contributed by atoms with Crippen LogP contribution in [0.2, 0.25) is 0 Å². The molecule has 0 heterocycles. The maximum atomic E-state index is 12.6. The lowest BCUT2D eigenvalue weighted by Crippen LogP contribution is -2.28. The Morgan fingerprint density at radius 1 is 1.11 bits per heavy atom. The maximum absolute atomic E-state index is 12.6. The van der Waals surface area contributed by atoms with Gasteiger partial charge in [-0.05, 0) is 54.2 Å². The molecule has 1 N–H and O–H groups in total. The molecule has 0 bridgehead atoms. The van der Waals surface area contributed by atoms with Crippen molar-refractivity contribution in [2.75, 3.05) is 13.7 Å². The van der Waals surface area contributed by atoms with Crippen LogP contribution in [-0.4, -0.2) is 28.7 Å². The zero-order chi connectivity index (χ0) is 20.1. The predicted octanol–water partition coefficient (Wildman–Crippen LogP) is 3.75. The minimum absolute atomic E-state index is 0.0622. The van der Waals surface area contributed by atoms with Crippen LogP contribution in [-0.2, 0) is 22.9 Å². The van der Waals surface area contributed by atoms with Gasteiger partial charge >= 0.3 is 6.61 Å². The molecule has 0 amide bonds. The molecular weight excluding hydrogens is 388 g/mol. The summed E-state index contributed by atoms with van der Waals surface area (Å²) in [5.41, 5.74) is 2.80. The molecule has 3 rings (SSSR count). The van der Waals surface area contributed by atoms with E-state index in [1.54, 1.807) is 18.2 Å². The number of hydrogen-bond acceptors (Lipinski definition) is 4. The van der Waals surface area contributed by atoms with Gasteiger partial charge in [-0.15, -0.1) is 0 Å². The van der Waals surface area contributed by atoms with Gasteiger partial charge in [0, 0.05) is 6.54 Å². The lowest BCUT2D eigenvalue weighted by atomic mass is 9.98. The summed E-state index contributed by atoms with van der Waals surface area (Å²) >= 11 is 0. The van der Waals surface area contributed by atoms with Crippen LogP contribution in [0.3, 0.4) is 0 Å². The molecule has 0 radical (unpaired) electrons. The zero-order valence-corrected chi connectivity index (χ0v) is 16.1. The van der Waals surface area contributed by atoms with Gasteiger partial charge in [0.2, 0.25) is 10.0 Å². The highest BCUT2D eigenvalue weighted by atomic mass is 32.2. The van der Waals surface area contributed by atoms with Crippen molar-refractivity contribution in [2.45, 2.75) is 25.9 Å². The topological polar surface area (TPSA) is 64.6 Å². The molecule has 5 nitrogen and oxygen atoms in total. The number of fused-ring (bicyclic) bond motifs is 1. The Bertz CT molecular complexity index is 974. The standard InChI is InChI=1S/C20H21F2NO4S/c1-26-19-12-14(6-9-18(19)27-20(21)22)10-11-23-28(24,25)17-8-7-15-4-2-3-5-16(15)13-17/h2-6,9,12-13,20,23H,7-8,10-11H2,1H3. The predicted molar refractivity (Wildman–Crippen MR) is 103 cm³/mol. The molecule has 150 valence electrons.